The molecule has 3 nitrogen and oxygen atoms in total. The van der Waals surface area contributed by atoms with Gasteiger partial charge in [-0.05, 0) is 50.1 Å². The third-order valence-electron chi connectivity index (χ3n) is 3.37. The van der Waals surface area contributed by atoms with Crippen LogP contribution in [0.1, 0.15) is 39.2 Å². The Balaban J connectivity index is 1.91. The summed E-state index contributed by atoms with van der Waals surface area (Å²) in [5.41, 5.74) is 2.26. The molecule has 2 rings (SSSR count). The van der Waals surface area contributed by atoms with Crippen LogP contribution in [0, 0.1) is 0 Å². The van der Waals surface area contributed by atoms with Crippen molar-refractivity contribution < 1.29 is 9.47 Å². The Morgan fingerprint density at radius 3 is 2.57 bits per heavy atom. The molecule has 124 valence electrons. The average Bonchev–Trinajstić information content (AvgIpc) is 2.53. The largest absolute Gasteiger partial charge is 0.494 e. The van der Waals surface area contributed by atoms with Crippen LogP contribution in [-0.4, -0.2) is 12.7 Å². The van der Waals surface area contributed by atoms with E-state index in [0.717, 1.165) is 43.2 Å². The smallest absolute Gasteiger partial charge is 0.121 e. The van der Waals surface area contributed by atoms with Crippen molar-refractivity contribution in [2.75, 3.05) is 11.9 Å². The Bertz CT molecular complexity index is 596. The van der Waals surface area contributed by atoms with E-state index in [9.17, 15) is 0 Å². The van der Waals surface area contributed by atoms with E-state index in [4.69, 9.17) is 9.47 Å². The van der Waals surface area contributed by atoms with Crippen molar-refractivity contribution in [3.63, 3.8) is 0 Å². The Morgan fingerprint density at radius 1 is 1.00 bits per heavy atom. The van der Waals surface area contributed by atoms with Crippen molar-refractivity contribution >= 4 is 5.69 Å². The third kappa shape index (κ3) is 6.23. The van der Waals surface area contributed by atoms with E-state index in [0.29, 0.717) is 0 Å². The molecule has 0 aromatic heterocycles. The minimum atomic E-state index is 0.190. The molecular formula is C20H27NO2. The fourth-order valence-corrected chi connectivity index (χ4v) is 2.24. The van der Waals surface area contributed by atoms with Crippen molar-refractivity contribution in [1.29, 1.82) is 0 Å². The second-order valence-electron chi connectivity index (χ2n) is 5.90. The highest BCUT2D eigenvalue weighted by Crippen LogP contribution is 2.20. The molecule has 0 heterocycles. The zero-order valence-electron chi connectivity index (χ0n) is 14.3. The van der Waals surface area contributed by atoms with Gasteiger partial charge in [0.2, 0.25) is 0 Å². The topological polar surface area (TPSA) is 30.5 Å². The Hall–Kier alpha value is -2.16. The van der Waals surface area contributed by atoms with Crippen LogP contribution in [0.15, 0.2) is 48.5 Å². The summed E-state index contributed by atoms with van der Waals surface area (Å²) in [4.78, 5) is 0. The molecule has 3 heteroatoms. The average molecular weight is 313 g/mol. The van der Waals surface area contributed by atoms with E-state index in [-0.39, 0.29) is 6.10 Å². The highest BCUT2D eigenvalue weighted by molar-refractivity contribution is 5.48. The lowest BCUT2D eigenvalue weighted by molar-refractivity contribution is 0.242. The summed E-state index contributed by atoms with van der Waals surface area (Å²) in [5.74, 6) is 1.83. The van der Waals surface area contributed by atoms with Crippen molar-refractivity contribution in [2.45, 2.75) is 46.3 Å². The molecule has 0 fully saturated rings. The Morgan fingerprint density at radius 2 is 1.78 bits per heavy atom. The minimum absolute atomic E-state index is 0.190. The molecule has 2 aromatic rings. The summed E-state index contributed by atoms with van der Waals surface area (Å²) in [7, 11) is 0. The Kier molecular flexibility index (Phi) is 6.79. The van der Waals surface area contributed by atoms with Crippen molar-refractivity contribution in [1.82, 2.24) is 0 Å². The van der Waals surface area contributed by atoms with Gasteiger partial charge in [-0.3, -0.25) is 0 Å². The first-order chi connectivity index (χ1) is 11.2. The number of benzene rings is 2. The zero-order valence-corrected chi connectivity index (χ0v) is 14.3. The number of hydrogen-bond acceptors (Lipinski definition) is 3. The molecule has 0 spiro atoms. The second-order valence-corrected chi connectivity index (χ2v) is 5.90. The molecule has 23 heavy (non-hydrogen) atoms. The number of nitrogens with one attached hydrogen (secondary N) is 1. The van der Waals surface area contributed by atoms with Crippen LogP contribution in [0.5, 0.6) is 11.5 Å². The molecule has 0 atom stereocenters. The van der Waals surface area contributed by atoms with Crippen LogP contribution in [0.25, 0.3) is 0 Å². The first-order valence-electron chi connectivity index (χ1n) is 8.39. The van der Waals surface area contributed by atoms with E-state index in [1.165, 1.54) is 5.56 Å². The molecule has 0 bridgehead atoms. The molecule has 0 aliphatic carbocycles. The first-order valence-corrected chi connectivity index (χ1v) is 8.39. The molecule has 0 saturated carbocycles. The van der Waals surface area contributed by atoms with Gasteiger partial charge in [-0.2, -0.15) is 0 Å². The van der Waals surface area contributed by atoms with E-state index < -0.39 is 0 Å². The predicted octanol–water partition coefficient (Wildman–Crippen LogP) is 5.26. The lowest BCUT2D eigenvalue weighted by Gasteiger charge is -2.12. The van der Waals surface area contributed by atoms with Crippen LogP contribution in [0.3, 0.4) is 0 Å². The fraction of sp³-hybridized carbons (Fsp3) is 0.400. The maximum atomic E-state index is 5.74. The molecule has 0 saturated heterocycles. The summed E-state index contributed by atoms with van der Waals surface area (Å²) in [6.07, 6.45) is 2.42. The van der Waals surface area contributed by atoms with Gasteiger partial charge in [0.05, 0.1) is 12.7 Å². The minimum Gasteiger partial charge on any atom is -0.494 e. The van der Waals surface area contributed by atoms with Gasteiger partial charge in [0.1, 0.15) is 11.5 Å². The normalized spacial score (nSPS) is 10.6. The van der Waals surface area contributed by atoms with E-state index >= 15 is 0 Å². The van der Waals surface area contributed by atoms with Gasteiger partial charge < -0.3 is 14.8 Å². The van der Waals surface area contributed by atoms with Gasteiger partial charge >= 0.3 is 0 Å². The number of rotatable bonds is 9. The van der Waals surface area contributed by atoms with Gasteiger partial charge in [0.25, 0.3) is 0 Å². The van der Waals surface area contributed by atoms with Crippen LogP contribution < -0.4 is 14.8 Å². The molecule has 2 aromatic carbocycles. The number of hydrogen-bond donors (Lipinski definition) is 1. The summed E-state index contributed by atoms with van der Waals surface area (Å²) in [5, 5.41) is 3.44. The van der Waals surface area contributed by atoms with Crippen LogP contribution in [0.2, 0.25) is 0 Å². The standard InChI is InChI=1S/C20H27NO2/c1-4-5-12-22-19-10-7-9-18(14-19)21-15-17-8-6-11-20(13-17)23-16(2)3/h6-11,13-14,16,21H,4-5,12,15H2,1-3H3. The van der Waals surface area contributed by atoms with Crippen molar-refractivity contribution in [3.8, 4) is 11.5 Å². The summed E-state index contributed by atoms with van der Waals surface area (Å²) < 4.78 is 11.5. The summed E-state index contributed by atoms with van der Waals surface area (Å²) >= 11 is 0. The molecule has 1 N–H and O–H groups in total. The SMILES string of the molecule is CCCCOc1cccc(NCc2cccc(OC(C)C)c2)c1. The third-order valence-corrected chi connectivity index (χ3v) is 3.37. The van der Waals surface area contributed by atoms with Crippen LogP contribution >= 0.6 is 0 Å². The van der Waals surface area contributed by atoms with Gasteiger partial charge in [-0.25, -0.2) is 0 Å². The molecular weight excluding hydrogens is 286 g/mol. The lowest BCUT2D eigenvalue weighted by Crippen LogP contribution is -2.06. The van der Waals surface area contributed by atoms with E-state index in [2.05, 4.69) is 30.4 Å². The maximum absolute atomic E-state index is 5.74. The lowest BCUT2D eigenvalue weighted by atomic mass is 10.2. The highest BCUT2D eigenvalue weighted by atomic mass is 16.5. The fourth-order valence-electron chi connectivity index (χ4n) is 2.24. The number of ether oxygens (including phenoxy) is 2. The van der Waals surface area contributed by atoms with Gasteiger partial charge in [-0.1, -0.05) is 31.5 Å². The zero-order chi connectivity index (χ0) is 16.5. The highest BCUT2D eigenvalue weighted by Gasteiger charge is 2.01. The van der Waals surface area contributed by atoms with E-state index in [1.54, 1.807) is 0 Å². The second kappa shape index (κ2) is 9.09. The molecule has 0 aliphatic rings. The number of unbranched alkanes of at least 4 members (excludes halogenated alkanes) is 1. The summed E-state index contributed by atoms with van der Waals surface area (Å²) in [6.45, 7) is 7.77. The van der Waals surface area contributed by atoms with Crippen molar-refractivity contribution in [2.24, 2.45) is 0 Å². The summed E-state index contributed by atoms with van der Waals surface area (Å²) in [6, 6.07) is 16.3. The van der Waals surface area contributed by atoms with Gasteiger partial charge in [0.15, 0.2) is 0 Å². The maximum Gasteiger partial charge on any atom is 0.121 e. The van der Waals surface area contributed by atoms with Gasteiger partial charge in [-0.15, -0.1) is 0 Å². The molecule has 0 radical (unpaired) electrons. The number of anilines is 1. The Labute approximate surface area is 139 Å². The van der Waals surface area contributed by atoms with E-state index in [1.807, 2.05) is 44.2 Å². The van der Waals surface area contributed by atoms with Crippen LogP contribution in [-0.2, 0) is 6.54 Å². The molecule has 0 unspecified atom stereocenters. The van der Waals surface area contributed by atoms with Crippen LogP contribution in [0.4, 0.5) is 5.69 Å². The monoisotopic (exact) mass is 313 g/mol. The first kappa shape index (κ1) is 17.2. The predicted molar refractivity (Wildman–Crippen MR) is 96.4 cm³/mol. The molecule has 0 aliphatic heterocycles. The molecule has 0 amide bonds. The quantitative estimate of drug-likeness (QED) is 0.640. The van der Waals surface area contributed by atoms with Crippen molar-refractivity contribution in [3.05, 3.63) is 54.1 Å². The van der Waals surface area contributed by atoms with Gasteiger partial charge in [0, 0.05) is 18.3 Å².